The second kappa shape index (κ2) is 5.45. The molecule has 1 atom stereocenters. The minimum atomic E-state index is -0.953. The van der Waals surface area contributed by atoms with Crippen LogP contribution in [0.3, 0.4) is 0 Å². The van der Waals surface area contributed by atoms with E-state index in [4.69, 9.17) is 5.73 Å². The number of anilines is 1. The summed E-state index contributed by atoms with van der Waals surface area (Å²) in [6.45, 7) is 1.78. The van der Waals surface area contributed by atoms with Crippen LogP contribution in [0.1, 0.15) is 12.5 Å². The van der Waals surface area contributed by atoms with Gasteiger partial charge in [-0.1, -0.05) is 46.3 Å². The molecule has 0 saturated heterocycles. The maximum atomic E-state index is 11.9. The van der Waals surface area contributed by atoms with E-state index in [0.29, 0.717) is 0 Å². The van der Waals surface area contributed by atoms with E-state index in [9.17, 15) is 4.79 Å². The lowest BCUT2D eigenvalue weighted by atomic mass is 9.91. The standard InChI is InChI=1S/C15H15BrN2O/c1-15(14(17)19,11-6-5-7-12(16)10-11)18-13-8-3-2-4-9-13/h2-10,18H,1H3,(H2,17,19). The molecular formula is C15H15BrN2O. The van der Waals surface area contributed by atoms with E-state index in [1.54, 1.807) is 6.92 Å². The van der Waals surface area contributed by atoms with Gasteiger partial charge in [0.05, 0.1) is 0 Å². The highest BCUT2D eigenvalue weighted by Crippen LogP contribution is 2.27. The molecule has 0 fully saturated rings. The fourth-order valence-electron chi connectivity index (χ4n) is 1.89. The Hall–Kier alpha value is -1.81. The Kier molecular flexibility index (Phi) is 3.90. The van der Waals surface area contributed by atoms with Crippen LogP contribution in [0, 0.1) is 0 Å². The summed E-state index contributed by atoms with van der Waals surface area (Å²) < 4.78 is 0.910. The largest absolute Gasteiger partial charge is 0.368 e. The molecule has 0 saturated carbocycles. The summed E-state index contributed by atoms with van der Waals surface area (Å²) in [6, 6.07) is 17.1. The van der Waals surface area contributed by atoms with Crippen molar-refractivity contribution < 1.29 is 4.79 Å². The Labute approximate surface area is 121 Å². The number of amides is 1. The molecule has 2 aromatic rings. The Morgan fingerprint density at radius 3 is 2.42 bits per heavy atom. The first-order valence-electron chi connectivity index (χ1n) is 5.91. The molecule has 0 radical (unpaired) electrons. The van der Waals surface area contributed by atoms with Crippen molar-refractivity contribution in [3.05, 3.63) is 64.6 Å². The van der Waals surface area contributed by atoms with Gasteiger partial charge in [-0.3, -0.25) is 4.79 Å². The highest BCUT2D eigenvalue weighted by Gasteiger charge is 2.33. The summed E-state index contributed by atoms with van der Waals surface area (Å²) in [5.74, 6) is -0.422. The van der Waals surface area contributed by atoms with Gasteiger partial charge in [-0.25, -0.2) is 0 Å². The second-order valence-electron chi connectivity index (χ2n) is 4.49. The summed E-state index contributed by atoms with van der Waals surface area (Å²) in [7, 11) is 0. The second-order valence-corrected chi connectivity index (χ2v) is 5.41. The quantitative estimate of drug-likeness (QED) is 0.909. The Bertz CT molecular complexity index is 586. The van der Waals surface area contributed by atoms with Crippen molar-refractivity contribution in [1.82, 2.24) is 0 Å². The van der Waals surface area contributed by atoms with Crippen LogP contribution in [-0.4, -0.2) is 5.91 Å². The first-order valence-corrected chi connectivity index (χ1v) is 6.71. The number of carbonyl (C=O) groups excluding carboxylic acids is 1. The summed E-state index contributed by atoms with van der Waals surface area (Å²) in [4.78, 5) is 11.9. The van der Waals surface area contributed by atoms with Crippen molar-refractivity contribution in [3.63, 3.8) is 0 Å². The SMILES string of the molecule is CC(Nc1ccccc1)(C(N)=O)c1cccc(Br)c1. The summed E-state index contributed by atoms with van der Waals surface area (Å²) in [5.41, 5.74) is 6.30. The van der Waals surface area contributed by atoms with Crippen molar-refractivity contribution in [2.75, 3.05) is 5.32 Å². The molecule has 1 unspecified atom stereocenters. The molecule has 0 aliphatic rings. The van der Waals surface area contributed by atoms with Gasteiger partial charge in [0, 0.05) is 10.2 Å². The normalized spacial score (nSPS) is 13.6. The van der Waals surface area contributed by atoms with Crippen LogP contribution in [0.25, 0.3) is 0 Å². The van der Waals surface area contributed by atoms with Gasteiger partial charge in [0.25, 0.3) is 0 Å². The van der Waals surface area contributed by atoms with Crippen LogP contribution in [-0.2, 0) is 10.3 Å². The third kappa shape index (κ3) is 2.96. The van der Waals surface area contributed by atoms with Crippen molar-refractivity contribution >= 4 is 27.5 Å². The number of rotatable bonds is 4. The monoisotopic (exact) mass is 318 g/mol. The van der Waals surface area contributed by atoms with Gasteiger partial charge in [-0.15, -0.1) is 0 Å². The number of nitrogens with two attached hydrogens (primary N) is 1. The number of nitrogens with one attached hydrogen (secondary N) is 1. The molecule has 0 aliphatic heterocycles. The van der Waals surface area contributed by atoms with Crippen molar-refractivity contribution in [2.45, 2.75) is 12.5 Å². The van der Waals surface area contributed by atoms with E-state index in [-0.39, 0.29) is 0 Å². The van der Waals surface area contributed by atoms with Gasteiger partial charge in [-0.2, -0.15) is 0 Å². The zero-order valence-corrected chi connectivity index (χ0v) is 12.1. The average Bonchev–Trinajstić information content (AvgIpc) is 2.39. The first kappa shape index (κ1) is 13.6. The van der Waals surface area contributed by atoms with Gasteiger partial charge in [0.15, 0.2) is 0 Å². The third-order valence-electron chi connectivity index (χ3n) is 3.06. The summed E-state index contributed by atoms with van der Waals surface area (Å²) in [6.07, 6.45) is 0. The van der Waals surface area contributed by atoms with Crippen molar-refractivity contribution in [3.8, 4) is 0 Å². The molecule has 0 aromatic heterocycles. The molecular weight excluding hydrogens is 304 g/mol. The topological polar surface area (TPSA) is 55.1 Å². The molecule has 0 spiro atoms. The number of hydrogen-bond donors (Lipinski definition) is 2. The molecule has 0 aliphatic carbocycles. The van der Waals surface area contributed by atoms with E-state index in [2.05, 4.69) is 21.2 Å². The lowest BCUT2D eigenvalue weighted by Gasteiger charge is -2.29. The fourth-order valence-corrected chi connectivity index (χ4v) is 2.28. The van der Waals surface area contributed by atoms with Crippen LogP contribution in [0.2, 0.25) is 0 Å². The zero-order chi connectivity index (χ0) is 13.9. The van der Waals surface area contributed by atoms with E-state index >= 15 is 0 Å². The molecule has 3 N–H and O–H groups in total. The van der Waals surface area contributed by atoms with Gasteiger partial charge in [0.1, 0.15) is 5.54 Å². The van der Waals surface area contributed by atoms with E-state index in [0.717, 1.165) is 15.7 Å². The van der Waals surface area contributed by atoms with E-state index in [1.807, 2.05) is 54.6 Å². The minimum Gasteiger partial charge on any atom is -0.368 e. The molecule has 0 bridgehead atoms. The predicted octanol–water partition coefficient (Wildman–Crippen LogP) is 3.26. The molecule has 1 amide bonds. The molecule has 2 aromatic carbocycles. The number of para-hydroxylation sites is 1. The molecule has 4 heteroatoms. The minimum absolute atomic E-state index is 0.422. The van der Waals surface area contributed by atoms with Crippen molar-refractivity contribution in [2.24, 2.45) is 5.73 Å². The number of carbonyl (C=O) groups is 1. The molecule has 0 heterocycles. The number of halogens is 1. The van der Waals surface area contributed by atoms with Gasteiger partial charge >= 0.3 is 0 Å². The first-order chi connectivity index (χ1) is 9.02. The van der Waals surface area contributed by atoms with Crippen LogP contribution < -0.4 is 11.1 Å². The van der Waals surface area contributed by atoms with E-state index in [1.165, 1.54) is 0 Å². The highest BCUT2D eigenvalue weighted by molar-refractivity contribution is 9.10. The Balaban J connectivity index is 2.41. The van der Waals surface area contributed by atoms with Crippen LogP contribution in [0.4, 0.5) is 5.69 Å². The van der Waals surface area contributed by atoms with Crippen molar-refractivity contribution in [1.29, 1.82) is 0 Å². The predicted molar refractivity (Wildman–Crippen MR) is 80.8 cm³/mol. The smallest absolute Gasteiger partial charge is 0.247 e. The summed E-state index contributed by atoms with van der Waals surface area (Å²) >= 11 is 3.41. The Morgan fingerprint density at radius 2 is 1.84 bits per heavy atom. The van der Waals surface area contributed by atoms with Crippen LogP contribution in [0.5, 0.6) is 0 Å². The van der Waals surface area contributed by atoms with Gasteiger partial charge < -0.3 is 11.1 Å². The average molecular weight is 319 g/mol. The molecule has 98 valence electrons. The molecule has 2 rings (SSSR count). The van der Waals surface area contributed by atoms with Crippen LogP contribution in [0.15, 0.2) is 59.1 Å². The van der Waals surface area contributed by atoms with Gasteiger partial charge in [-0.05, 0) is 36.8 Å². The number of primary amides is 1. The third-order valence-corrected chi connectivity index (χ3v) is 3.56. The lowest BCUT2D eigenvalue weighted by Crippen LogP contribution is -2.45. The van der Waals surface area contributed by atoms with E-state index < -0.39 is 11.4 Å². The molecule has 3 nitrogen and oxygen atoms in total. The fraction of sp³-hybridized carbons (Fsp3) is 0.133. The Morgan fingerprint density at radius 1 is 1.16 bits per heavy atom. The zero-order valence-electron chi connectivity index (χ0n) is 10.6. The maximum absolute atomic E-state index is 11.9. The van der Waals surface area contributed by atoms with Gasteiger partial charge in [0.2, 0.25) is 5.91 Å². The number of benzene rings is 2. The highest BCUT2D eigenvalue weighted by atomic mass is 79.9. The number of hydrogen-bond acceptors (Lipinski definition) is 2. The maximum Gasteiger partial charge on any atom is 0.247 e. The lowest BCUT2D eigenvalue weighted by molar-refractivity contribution is -0.122. The summed E-state index contributed by atoms with van der Waals surface area (Å²) in [5, 5.41) is 3.20. The molecule has 19 heavy (non-hydrogen) atoms. The van der Waals surface area contributed by atoms with Crippen LogP contribution >= 0.6 is 15.9 Å².